The molecule has 19 heavy (non-hydrogen) atoms. The van der Waals surface area contributed by atoms with Gasteiger partial charge in [0.15, 0.2) is 4.21 Å². The van der Waals surface area contributed by atoms with Crippen LogP contribution in [0.4, 0.5) is 0 Å². The first kappa shape index (κ1) is 14.7. The number of thiazole rings is 1. The lowest BCUT2D eigenvalue weighted by Gasteiger charge is -2.22. The Bertz CT molecular complexity index is 570. The molecule has 1 saturated heterocycles. The third kappa shape index (κ3) is 3.88. The molecular formula is C11H18N2O4S2. The molecule has 2 N–H and O–H groups in total. The fourth-order valence-electron chi connectivity index (χ4n) is 2.10. The van der Waals surface area contributed by atoms with Crippen LogP contribution < -0.4 is 9.60 Å². The molecule has 0 bridgehead atoms. The molecule has 0 radical (unpaired) electrons. The maximum absolute atomic E-state index is 12.0. The molecule has 1 fully saturated rings. The maximum atomic E-state index is 12.0. The predicted octanol–water partition coefficient (Wildman–Crippen LogP) is 0.982. The number of aryl methyl sites for hydroxylation is 1. The second-order valence-corrected chi connectivity index (χ2v) is 7.55. The van der Waals surface area contributed by atoms with Crippen molar-refractivity contribution in [3.63, 3.8) is 0 Å². The average molecular weight is 306 g/mol. The highest BCUT2D eigenvalue weighted by molar-refractivity contribution is 7.91. The molecule has 0 amide bonds. The average Bonchev–Trinajstić information content (AvgIpc) is 2.70. The van der Waals surface area contributed by atoms with Crippen molar-refractivity contribution in [2.75, 3.05) is 13.2 Å². The van der Waals surface area contributed by atoms with E-state index < -0.39 is 10.0 Å². The zero-order valence-electron chi connectivity index (χ0n) is 10.8. The van der Waals surface area contributed by atoms with Crippen molar-refractivity contribution in [2.24, 2.45) is 0 Å². The minimum atomic E-state index is -3.59. The van der Waals surface area contributed by atoms with Crippen molar-refractivity contribution in [1.29, 1.82) is 0 Å². The Hall–Kier alpha value is -0.700. The number of aromatic amines is 1. The number of sulfonamides is 1. The standard InChI is InChI=1S/C11H18N2O4S2/c1-8-10(18-11(14)13-8)19(15,16)12-6-5-9-4-2-3-7-17-9/h9,12H,2-7H2,1H3,(H,13,14). The number of nitrogens with one attached hydrogen (secondary N) is 2. The van der Waals surface area contributed by atoms with E-state index in [2.05, 4.69) is 9.71 Å². The highest BCUT2D eigenvalue weighted by Crippen LogP contribution is 2.17. The van der Waals surface area contributed by atoms with Gasteiger partial charge in [-0.3, -0.25) is 4.79 Å². The number of rotatable bonds is 5. The van der Waals surface area contributed by atoms with Gasteiger partial charge in [-0.15, -0.1) is 0 Å². The van der Waals surface area contributed by atoms with Crippen LogP contribution in [0, 0.1) is 6.92 Å². The van der Waals surface area contributed by atoms with E-state index >= 15 is 0 Å². The smallest absolute Gasteiger partial charge is 0.305 e. The predicted molar refractivity (Wildman–Crippen MR) is 73.1 cm³/mol. The van der Waals surface area contributed by atoms with Gasteiger partial charge in [0.1, 0.15) is 0 Å². The summed E-state index contributed by atoms with van der Waals surface area (Å²) in [5.74, 6) is 0. The van der Waals surface area contributed by atoms with Gasteiger partial charge in [-0.1, -0.05) is 11.3 Å². The van der Waals surface area contributed by atoms with Crippen LogP contribution in [0.5, 0.6) is 0 Å². The molecule has 0 saturated carbocycles. The normalized spacial score (nSPS) is 20.6. The molecule has 0 aromatic carbocycles. The third-order valence-corrected chi connectivity index (χ3v) is 6.12. The SMILES string of the molecule is Cc1[nH]c(=O)sc1S(=O)(=O)NCCC1CCCCO1. The van der Waals surface area contributed by atoms with Crippen LogP contribution in [0.3, 0.4) is 0 Å². The van der Waals surface area contributed by atoms with Crippen molar-refractivity contribution in [2.45, 2.75) is 42.9 Å². The van der Waals surface area contributed by atoms with Crippen LogP contribution in [-0.2, 0) is 14.8 Å². The molecule has 1 atom stereocenters. The minimum absolute atomic E-state index is 0.0714. The molecule has 1 unspecified atom stereocenters. The summed E-state index contributed by atoms with van der Waals surface area (Å²) in [6.45, 7) is 2.67. The molecule has 6 nitrogen and oxygen atoms in total. The number of hydrogen-bond donors (Lipinski definition) is 2. The number of H-pyrrole nitrogens is 1. The van der Waals surface area contributed by atoms with E-state index in [0.717, 1.165) is 25.9 Å². The lowest BCUT2D eigenvalue weighted by molar-refractivity contribution is 0.0123. The second kappa shape index (κ2) is 6.17. The highest BCUT2D eigenvalue weighted by atomic mass is 32.2. The van der Waals surface area contributed by atoms with E-state index in [4.69, 9.17) is 4.74 Å². The van der Waals surface area contributed by atoms with Gasteiger partial charge in [-0.25, -0.2) is 13.1 Å². The summed E-state index contributed by atoms with van der Waals surface area (Å²) in [5, 5.41) is 0. The first-order chi connectivity index (χ1) is 8.99. The van der Waals surface area contributed by atoms with Gasteiger partial charge in [-0.05, 0) is 32.6 Å². The zero-order chi connectivity index (χ0) is 13.9. The van der Waals surface area contributed by atoms with Crippen molar-refractivity contribution in [1.82, 2.24) is 9.71 Å². The van der Waals surface area contributed by atoms with Crippen molar-refractivity contribution in [3.05, 3.63) is 15.4 Å². The summed E-state index contributed by atoms with van der Waals surface area (Å²) in [5.41, 5.74) is 0.386. The van der Waals surface area contributed by atoms with Crippen LogP contribution >= 0.6 is 11.3 Å². The Morgan fingerprint density at radius 1 is 1.47 bits per heavy atom. The van der Waals surface area contributed by atoms with E-state index in [-0.39, 0.29) is 15.2 Å². The first-order valence-corrected chi connectivity index (χ1v) is 8.60. The quantitative estimate of drug-likeness (QED) is 0.849. The molecule has 1 aliphatic rings. The Labute approximate surface area is 116 Å². The number of hydrogen-bond acceptors (Lipinski definition) is 5. The summed E-state index contributed by atoms with van der Waals surface area (Å²) in [6, 6.07) is 0. The van der Waals surface area contributed by atoms with E-state index in [1.54, 1.807) is 6.92 Å². The Balaban J connectivity index is 1.91. The minimum Gasteiger partial charge on any atom is -0.378 e. The zero-order valence-corrected chi connectivity index (χ0v) is 12.4. The lowest BCUT2D eigenvalue weighted by Crippen LogP contribution is -2.29. The summed E-state index contributed by atoms with van der Waals surface area (Å²) in [4.78, 5) is 13.2. The molecule has 1 aromatic heterocycles. The lowest BCUT2D eigenvalue weighted by atomic mass is 10.1. The monoisotopic (exact) mass is 306 g/mol. The van der Waals surface area contributed by atoms with Crippen LogP contribution in [-0.4, -0.2) is 32.7 Å². The van der Waals surface area contributed by atoms with Gasteiger partial charge in [0.05, 0.1) is 6.10 Å². The van der Waals surface area contributed by atoms with Gasteiger partial charge < -0.3 is 9.72 Å². The van der Waals surface area contributed by atoms with Crippen molar-refractivity contribution in [3.8, 4) is 0 Å². The fourth-order valence-corrected chi connectivity index (χ4v) is 4.49. The summed E-state index contributed by atoms with van der Waals surface area (Å²) in [7, 11) is -3.59. The fraction of sp³-hybridized carbons (Fsp3) is 0.727. The van der Waals surface area contributed by atoms with Crippen molar-refractivity contribution >= 4 is 21.4 Å². The molecule has 108 valence electrons. The molecule has 1 aliphatic heterocycles. The van der Waals surface area contributed by atoms with Crippen LogP contribution in [0.2, 0.25) is 0 Å². The molecule has 1 aromatic rings. The Morgan fingerprint density at radius 3 is 2.84 bits per heavy atom. The molecule has 2 rings (SSSR count). The van der Waals surface area contributed by atoms with Crippen molar-refractivity contribution < 1.29 is 13.2 Å². The third-order valence-electron chi connectivity index (χ3n) is 3.06. The number of ether oxygens (including phenoxy) is 1. The van der Waals surface area contributed by atoms with E-state index in [9.17, 15) is 13.2 Å². The van der Waals surface area contributed by atoms with E-state index in [1.165, 1.54) is 0 Å². The van der Waals surface area contributed by atoms with Gasteiger partial charge in [0.25, 0.3) is 10.0 Å². The molecule has 8 heteroatoms. The summed E-state index contributed by atoms with van der Waals surface area (Å²) >= 11 is 0.714. The maximum Gasteiger partial charge on any atom is 0.305 e. The Morgan fingerprint density at radius 2 is 2.26 bits per heavy atom. The van der Waals surface area contributed by atoms with Crippen LogP contribution in [0.15, 0.2) is 9.00 Å². The van der Waals surface area contributed by atoms with Crippen LogP contribution in [0.25, 0.3) is 0 Å². The van der Waals surface area contributed by atoms with Gasteiger partial charge in [-0.2, -0.15) is 0 Å². The first-order valence-electron chi connectivity index (χ1n) is 6.30. The number of aromatic nitrogens is 1. The molecule has 2 heterocycles. The molecule has 0 aliphatic carbocycles. The van der Waals surface area contributed by atoms with Gasteiger partial charge in [0, 0.05) is 18.8 Å². The Kier molecular flexibility index (Phi) is 4.77. The summed E-state index contributed by atoms with van der Waals surface area (Å²) < 4.78 is 32.1. The van der Waals surface area contributed by atoms with Gasteiger partial charge in [0.2, 0.25) is 0 Å². The topological polar surface area (TPSA) is 88.3 Å². The van der Waals surface area contributed by atoms with Gasteiger partial charge >= 0.3 is 4.87 Å². The molecular weight excluding hydrogens is 288 g/mol. The highest BCUT2D eigenvalue weighted by Gasteiger charge is 2.21. The van der Waals surface area contributed by atoms with E-state index in [0.29, 0.717) is 30.0 Å². The summed E-state index contributed by atoms with van der Waals surface area (Å²) in [6.07, 6.45) is 4.01. The van der Waals surface area contributed by atoms with Crippen LogP contribution in [0.1, 0.15) is 31.4 Å². The largest absolute Gasteiger partial charge is 0.378 e. The second-order valence-electron chi connectivity index (χ2n) is 4.60. The van der Waals surface area contributed by atoms with E-state index in [1.807, 2.05) is 0 Å². The molecule has 0 spiro atoms.